The van der Waals surface area contributed by atoms with E-state index in [4.69, 9.17) is 9.40 Å². The summed E-state index contributed by atoms with van der Waals surface area (Å²) in [4.78, 5) is 9.52. The van der Waals surface area contributed by atoms with Crippen LogP contribution in [0.1, 0.15) is 0 Å². The summed E-state index contributed by atoms with van der Waals surface area (Å²) in [6.45, 7) is 0. The molecule has 57 heavy (non-hydrogen) atoms. The number of rotatable bonds is 5. The lowest BCUT2D eigenvalue weighted by Gasteiger charge is -2.11. The predicted octanol–water partition coefficient (Wildman–Crippen LogP) is 13.6. The Hall–Kier alpha value is -7.76. The molecule has 0 unspecified atom stereocenters. The van der Waals surface area contributed by atoms with Gasteiger partial charge in [0.2, 0.25) is 0 Å². The highest BCUT2D eigenvalue weighted by molar-refractivity contribution is 6.13. The molecule has 12 aromatic rings. The van der Waals surface area contributed by atoms with Gasteiger partial charge >= 0.3 is 0 Å². The molecule has 0 fully saturated rings. The van der Waals surface area contributed by atoms with Gasteiger partial charge in [-0.15, -0.1) is 0 Å². The van der Waals surface area contributed by atoms with Gasteiger partial charge in [-0.2, -0.15) is 0 Å². The van der Waals surface area contributed by atoms with E-state index in [1.165, 1.54) is 10.8 Å². The second kappa shape index (κ2) is 12.4. The fourth-order valence-corrected chi connectivity index (χ4v) is 8.85. The van der Waals surface area contributed by atoms with Crippen molar-refractivity contribution in [1.82, 2.24) is 19.1 Å². The van der Waals surface area contributed by atoms with Crippen molar-refractivity contribution in [2.45, 2.75) is 0 Å². The fourth-order valence-electron chi connectivity index (χ4n) is 8.85. The summed E-state index contributed by atoms with van der Waals surface area (Å²) in [5.41, 5.74) is 16.1. The topological polar surface area (TPSA) is 48.8 Å². The largest absolute Gasteiger partial charge is 0.456 e. The molecule has 7 aromatic carbocycles. The number of pyridine rings is 2. The molecule has 5 nitrogen and oxygen atoms in total. The maximum Gasteiger partial charge on any atom is 0.135 e. The quantitative estimate of drug-likeness (QED) is 0.177. The molecule has 5 heterocycles. The first-order chi connectivity index (χ1) is 28.3. The summed E-state index contributed by atoms with van der Waals surface area (Å²) < 4.78 is 11.1. The van der Waals surface area contributed by atoms with Gasteiger partial charge in [0.1, 0.15) is 11.2 Å². The van der Waals surface area contributed by atoms with Crippen LogP contribution >= 0.6 is 0 Å². The highest BCUT2D eigenvalue weighted by Crippen LogP contribution is 2.40. The van der Waals surface area contributed by atoms with Crippen LogP contribution in [0, 0.1) is 0 Å². The summed E-state index contributed by atoms with van der Waals surface area (Å²) in [6.07, 6.45) is 3.73. The highest BCUT2D eigenvalue weighted by Gasteiger charge is 2.18. The van der Waals surface area contributed by atoms with E-state index in [-0.39, 0.29) is 0 Å². The first-order valence-electron chi connectivity index (χ1n) is 19.2. The van der Waals surface area contributed by atoms with Crippen LogP contribution in [-0.4, -0.2) is 19.1 Å². The number of hydrogen-bond donors (Lipinski definition) is 0. The van der Waals surface area contributed by atoms with Crippen LogP contribution in [0.3, 0.4) is 0 Å². The summed E-state index contributed by atoms with van der Waals surface area (Å²) >= 11 is 0. The van der Waals surface area contributed by atoms with E-state index in [0.29, 0.717) is 0 Å². The van der Waals surface area contributed by atoms with Gasteiger partial charge in [0.25, 0.3) is 0 Å². The third-order valence-electron chi connectivity index (χ3n) is 11.4. The molecule has 0 bridgehead atoms. The van der Waals surface area contributed by atoms with Crippen molar-refractivity contribution in [3.8, 4) is 44.9 Å². The van der Waals surface area contributed by atoms with Gasteiger partial charge in [-0.25, -0.2) is 0 Å². The molecular formula is C52H32N4O. The third kappa shape index (κ3) is 4.89. The zero-order valence-corrected chi connectivity index (χ0v) is 30.7. The predicted molar refractivity (Wildman–Crippen MR) is 234 cm³/mol. The van der Waals surface area contributed by atoms with Crippen LogP contribution in [0.15, 0.2) is 199 Å². The van der Waals surface area contributed by atoms with Crippen molar-refractivity contribution in [1.29, 1.82) is 0 Å². The van der Waals surface area contributed by atoms with Crippen LogP contribution in [0.2, 0.25) is 0 Å². The van der Waals surface area contributed by atoms with Crippen molar-refractivity contribution in [3.05, 3.63) is 194 Å². The molecule has 0 saturated carbocycles. The fraction of sp³-hybridized carbons (Fsp3) is 0. The zero-order valence-electron chi connectivity index (χ0n) is 30.7. The summed E-state index contributed by atoms with van der Waals surface area (Å²) in [5.74, 6) is 0. The second-order valence-corrected chi connectivity index (χ2v) is 14.6. The van der Waals surface area contributed by atoms with Crippen LogP contribution < -0.4 is 0 Å². The van der Waals surface area contributed by atoms with Gasteiger partial charge in [0.05, 0.1) is 33.3 Å². The first kappa shape index (κ1) is 31.6. The molecular weight excluding hydrogens is 697 g/mol. The first-order valence-corrected chi connectivity index (χ1v) is 19.2. The molecule has 0 aliphatic rings. The molecule has 0 saturated heterocycles. The van der Waals surface area contributed by atoms with Gasteiger partial charge in [0, 0.05) is 56.3 Å². The van der Waals surface area contributed by atoms with Gasteiger partial charge < -0.3 is 13.6 Å². The standard InChI is InChI=1S/C52H32N4O/c1-2-11-36(12-3-1)55-48-23-19-33(30-44(48)52-49(55)18-10-28-54-52)34-21-25-50-42(29-34)43-32-37(22-26-51(43)57-50)56-46-17-7-6-15-40(46)41-31-35(20-24-47(41)56)38-13-4-5-14-39(38)45-16-8-9-27-53-45/h1-32H. The summed E-state index contributed by atoms with van der Waals surface area (Å²) in [6, 6.07) is 64.6. The van der Waals surface area contributed by atoms with Crippen LogP contribution in [-0.2, 0) is 0 Å². The summed E-state index contributed by atoms with van der Waals surface area (Å²) in [7, 11) is 0. The molecule has 0 spiro atoms. The van der Waals surface area contributed by atoms with Crippen molar-refractivity contribution >= 4 is 65.7 Å². The Kier molecular flexibility index (Phi) is 6.86. The van der Waals surface area contributed by atoms with E-state index in [0.717, 1.165) is 99.8 Å². The normalized spacial score (nSPS) is 11.9. The Balaban J connectivity index is 0.997. The number of aromatic nitrogens is 4. The lowest BCUT2D eigenvalue weighted by Crippen LogP contribution is -1.93. The van der Waals surface area contributed by atoms with Gasteiger partial charge in [-0.3, -0.25) is 9.97 Å². The number of para-hydroxylation sites is 2. The average molecular weight is 729 g/mol. The van der Waals surface area contributed by atoms with Crippen molar-refractivity contribution in [3.63, 3.8) is 0 Å². The van der Waals surface area contributed by atoms with E-state index >= 15 is 0 Å². The lowest BCUT2D eigenvalue weighted by atomic mass is 9.96. The Morgan fingerprint density at radius 2 is 0.965 bits per heavy atom. The number of furan rings is 1. The monoisotopic (exact) mass is 728 g/mol. The molecule has 266 valence electrons. The van der Waals surface area contributed by atoms with E-state index in [9.17, 15) is 0 Å². The Morgan fingerprint density at radius 1 is 0.351 bits per heavy atom. The molecule has 0 amide bonds. The van der Waals surface area contributed by atoms with Crippen LogP contribution in [0.4, 0.5) is 0 Å². The van der Waals surface area contributed by atoms with Crippen molar-refractivity contribution in [2.75, 3.05) is 0 Å². The summed E-state index contributed by atoms with van der Waals surface area (Å²) in [5, 5.41) is 5.71. The molecule has 0 radical (unpaired) electrons. The number of benzene rings is 7. The van der Waals surface area contributed by atoms with Crippen LogP contribution in [0.5, 0.6) is 0 Å². The minimum absolute atomic E-state index is 0.866. The van der Waals surface area contributed by atoms with Crippen molar-refractivity contribution in [2.24, 2.45) is 0 Å². The minimum Gasteiger partial charge on any atom is -0.456 e. The number of hydrogen-bond acceptors (Lipinski definition) is 3. The minimum atomic E-state index is 0.866. The van der Waals surface area contributed by atoms with E-state index in [1.807, 2.05) is 30.6 Å². The maximum absolute atomic E-state index is 6.46. The van der Waals surface area contributed by atoms with Crippen molar-refractivity contribution < 1.29 is 4.42 Å². The second-order valence-electron chi connectivity index (χ2n) is 14.6. The van der Waals surface area contributed by atoms with Crippen LogP contribution in [0.25, 0.3) is 111 Å². The van der Waals surface area contributed by atoms with E-state index < -0.39 is 0 Å². The lowest BCUT2D eigenvalue weighted by molar-refractivity contribution is 0.669. The van der Waals surface area contributed by atoms with E-state index in [2.05, 4.69) is 178 Å². The molecule has 0 aliphatic carbocycles. The maximum atomic E-state index is 6.46. The Bertz CT molecular complexity index is 3520. The average Bonchev–Trinajstić information content (AvgIpc) is 3.93. The molecule has 5 heteroatoms. The highest BCUT2D eigenvalue weighted by atomic mass is 16.3. The number of fused-ring (bicyclic) bond motifs is 9. The molecule has 0 aliphatic heterocycles. The van der Waals surface area contributed by atoms with Gasteiger partial charge in [-0.05, 0) is 119 Å². The zero-order chi connectivity index (χ0) is 37.5. The SMILES string of the molecule is c1ccc(-n2c3ccc(-c4ccc5oc6ccc(-n7c8ccccc8c8cc(-c9ccccc9-c9ccccn9)ccc87)cc6c5c4)cc3c3ncccc32)cc1. The molecule has 0 N–H and O–H groups in total. The Morgan fingerprint density at radius 3 is 1.82 bits per heavy atom. The smallest absolute Gasteiger partial charge is 0.135 e. The molecule has 5 aromatic heterocycles. The number of nitrogens with zero attached hydrogens (tertiary/aromatic N) is 4. The van der Waals surface area contributed by atoms with Gasteiger partial charge in [0.15, 0.2) is 0 Å². The van der Waals surface area contributed by atoms with E-state index in [1.54, 1.807) is 0 Å². The third-order valence-corrected chi connectivity index (χ3v) is 11.4. The van der Waals surface area contributed by atoms with Gasteiger partial charge in [-0.1, -0.05) is 84.9 Å². The Labute approximate surface area is 327 Å². The molecule has 0 atom stereocenters. The molecule has 12 rings (SSSR count).